The van der Waals surface area contributed by atoms with E-state index in [4.69, 9.17) is 0 Å². The molecule has 0 aromatic heterocycles. The summed E-state index contributed by atoms with van der Waals surface area (Å²) in [6.45, 7) is 11.1. The lowest BCUT2D eigenvalue weighted by atomic mass is 9.88. The summed E-state index contributed by atoms with van der Waals surface area (Å²) in [5.74, 6) is -0.856. The molecule has 4 rings (SSSR count). The van der Waals surface area contributed by atoms with Crippen LogP contribution < -0.4 is 10.2 Å². The number of benzene rings is 2. The van der Waals surface area contributed by atoms with E-state index in [1.165, 1.54) is 5.57 Å². The first-order chi connectivity index (χ1) is 16.1. The van der Waals surface area contributed by atoms with Gasteiger partial charge < -0.3 is 10.2 Å². The highest BCUT2D eigenvalue weighted by molar-refractivity contribution is 8.18. The van der Waals surface area contributed by atoms with E-state index < -0.39 is 17.1 Å². The summed E-state index contributed by atoms with van der Waals surface area (Å²) in [4.78, 5) is 41.6. The number of para-hydroxylation sites is 1. The Morgan fingerprint density at radius 2 is 1.85 bits per heavy atom. The van der Waals surface area contributed by atoms with Crippen molar-refractivity contribution in [3.8, 4) is 0 Å². The first-order valence-corrected chi connectivity index (χ1v) is 12.1. The SMILES string of the molecule is CCN1c2ccc(/C=C3\SC(=O)N(CC(=O)Nc4ccccc4C)C3=O)cc2C(C)=CC1(C)C. The van der Waals surface area contributed by atoms with Crippen LogP contribution in [-0.4, -0.2) is 40.6 Å². The number of rotatable bonds is 5. The van der Waals surface area contributed by atoms with Crippen molar-refractivity contribution in [1.29, 1.82) is 0 Å². The standard InChI is InChI=1S/C27H29N3O3S/c1-6-30-22-12-11-19(13-20(22)18(3)15-27(30,4)5)14-23-25(32)29(26(33)34-23)16-24(31)28-21-10-8-7-9-17(21)2/h7-15H,6,16H2,1-5H3,(H,28,31)/b23-14-. The summed E-state index contributed by atoms with van der Waals surface area (Å²) in [6.07, 6.45) is 3.98. The van der Waals surface area contributed by atoms with Crippen molar-refractivity contribution in [2.75, 3.05) is 23.3 Å². The molecule has 3 amide bonds. The van der Waals surface area contributed by atoms with Crippen molar-refractivity contribution in [1.82, 2.24) is 4.90 Å². The highest BCUT2D eigenvalue weighted by Crippen LogP contribution is 2.40. The lowest BCUT2D eigenvalue weighted by molar-refractivity contribution is -0.127. The molecule has 2 aliphatic rings. The number of allylic oxidation sites excluding steroid dienone is 1. The molecule has 2 aliphatic heterocycles. The number of fused-ring (bicyclic) bond motifs is 1. The average Bonchev–Trinajstić information content (AvgIpc) is 3.02. The first kappa shape index (κ1) is 23.8. The Morgan fingerprint density at radius 3 is 2.56 bits per heavy atom. The minimum Gasteiger partial charge on any atom is -0.363 e. The number of hydrogen-bond donors (Lipinski definition) is 1. The topological polar surface area (TPSA) is 69.7 Å². The molecule has 0 radical (unpaired) electrons. The monoisotopic (exact) mass is 475 g/mol. The molecule has 0 unspecified atom stereocenters. The number of imide groups is 1. The van der Waals surface area contributed by atoms with Gasteiger partial charge in [-0.3, -0.25) is 19.3 Å². The summed E-state index contributed by atoms with van der Waals surface area (Å²) in [5, 5.41) is 2.33. The number of carbonyl (C=O) groups excluding carboxylic acids is 3. The Kier molecular flexibility index (Phi) is 6.41. The lowest BCUT2D eigenvalue weighted by Gasteiger charge is -2.42. The molecule has 34 heavy (non-hydrogen) atoms. The van der Waals surface area contributed by atoms with Crippen LogP contribution in [0.25, 0.3) is 11.6 Å². The molecule has 176 valence electrons. The molecular weight excluding hydrogens is 446 g/mol. The van der Waals surface area contributed by atoms with Crippen LogP contribution in [0.15, 0.2) is 53.4 Å². The Balaban J connectivity index is 1.53. The molecule has 1 saturated heterocycles. The number of aryl methyl sites for hydroxylation is 1. The van der Waals surface area contributed by atoms with Gasteiger partial charge in [-0.25, -0.2) is 0 Å². The second-order valence-corrected chi connectivity index (χ2v) is 10.1. The van der Waals surface area contributed by atoms with Crippen LogP contribution in [0.3, 0.4) is 0 Å². The van der Waals surface area contributed by atoms with Gasteiger partial charge >= 0.3 is 0 Å². The zero-order valence-corrected chi connectivity index (χ0v) is 21.0. The van der Waals surface area contributed by atoms with Gasteiger partial charge in [0.25, 0.3) is 11.1 Å². The summed E-state index contributed by atoms with van der Waals surface area (Å²) in [6, 6.07) is 13.5. The molecule has 0 bridgehead atoms. The van der Waals surface area contributed by atoms with E-state index in [0.717, 1.165) is 45.6 Å². The first-order valence-electron chi connectivity index (χ1n) is 11.3. The highest BCUT2D eigenvalue weighted by Gasteiger charge is 2.36. The smallest absolute Gasteiger partial charge is 0.294 e. The maximum Gasteiger partial charge on any atom is 0.294 e. The predicted octanol–water partition coefficient (Wildman–Crippen LogP) is 5.69. The van der Waals surface area contributed by atoms with Gasteiger partial charge in [0.15, 0.2) is 0 Å². The minimum absolute atomic E-state index is 0.0745. The third kappa shape index (κ3) is 4.53. The van der Waals surface area contributed by atoms with Crippen molar-refractivity contribution >= 4 is 51.8 Å². The number of likely N-dealkylation sites (N-methyl/N-ethyl adjacent to an activating group) is 1. The minimum atomic E-state index is -0.448. The molecule has 6 nitrogen and oxygen atoms in total. The van der Waals surface area contributed by atoms with Gasteiger partial charge in [-0.2, -0.15) is 0 Å². The Labute approximate surface area is 204 Å². The Morgan fingerprint density at radius 1 is 1.12 bits per heavy atom. The van der Waals surface area contributed by atoms with Crippen molar-refractivity contribution in [2.24, 2.45) is 0 Å². The third-order valence-electron chi connectivity index (χ3n) is 6.21. The predicted molar refractivity (Wildman–Crippen MR) is 140 cm³/mol. The lowest BCUT2D eigenvalue weighted by Crippen LogP contribution is -2.44. The van der Waals surface area contributed by atoms with Gasteiger partial charge in [-0.05, 0) is 87.4 Å². The summed E-state index contributed by atoms with van der Waals surface area (Å²) in [7, 11) is 0. The summed E-state index contributed by atoms with van der Waals surface area (Å²) in [5.41, 5.74) is 5.80. The Hall–Kier alpha value is -3.32. The van der Waals surface area contributed by atoms with E-state index in [2.05, 4.69) is 56.1 Å². The number of carbonyl (C=O) groups is 3. The van der Waals surface area contributed by atoms with Crippen molar-refractivity contribution in [3.05, 3.63) is 70.1 Å². The molecule has 2 aromatic rings. The second-order valence-electron chi connectivity index (χ2n) is 9.13. The van der Waals surface area contributed by atoms with E-state index >= 15 is 0 Å². The maximum absolute atomic E-state index is 12.9. The van der Waals surface area contributed by atoms with E-state index in [-0.39, 0.29) is 12.1 Å². The maximum atomic E-state index is 12.9. The van der Waals surface area contributed by atoms with Crippen LogP contribution in [0.1, 0.15) is 44.4 Å². The number of amides is 3. The van der Waals surface area contributed by atoms with Crippen LogP contribution in [0, 0.1) is 6.92 Å². The number of nitrogens with zero attached hydrogens (tertiary/aromatic N) is 2. The van der Waals surface area contributed by atoms with Gasteiger partial charge in [0.1, 0.15) is 6.54 Å². The Bertz CT molecular complexity index is 1250. The fraction of sp³-hybridized carbons (Fsp3) is 0.296. The molecule has 1 fully saturated rings. The van der Waals surface area contributed by atoms with Crippen molar-refractivity contribution in [3.63, 3.8) is 0 Å². The molecule has 2 heterocycles. The van der Waals surface area contributed by atoms with E-state index in [0.29, 0.717) is 10.6 Å². The summed E-state index contributed by atoms with van der Waals surface area (Å²) < 4.78 is 0. The average molecular weight is 476 g/mol. The van der Waals surface area contributed by atoms with Gasteiger partial charge in [-0.15, -0.1) is 0 Å². The largest absolute Gasteiger partial charge is 0.363 e. The van der Waals surface area contributed by atoms with Gasteiger partial charge in [0, 0.05) is 23.5 Å². The summed E-state index contributed by atoms with van der Waals surface area (Å²) >= 11 is 0.865. The van der Waals surface area contributed by atoms with E-state index in [1.807, 2.05) is 31.2 Å². The van der Waals surface area contributed by atoms with Crippen molar-refractivity contribution < 1.29 is 14.4 Å². The van der Waals surface area contributed by atoms with E-state index in [9.17, 15) is 14.4 Å². The molecule has 1 N–H and O–H groups in total. The van der Waals surface area contributed by atoms with Crippen LogP contribution in [0.4, 0.5) is 16.2 Å². The molecule has 0 spiro atoms. The highest BCUT2D eigenvalue weighted by atomic mass is 32.2. The van der Waals surface area contributed by atoms with Gasteiger partial charge in [0.05, 0.1) is 10.4 Å². The number of thioether (sulfide) groups is 1. The fourth-order valence-electron chi connectivity index (χ4n) is 4.60. The second kappa shape index (κ2) is 9.14. The van der Waals surface area contributed by atoms with Crippen molar-refractivity contribution in [2.45, 2.75) is 40.2 Å². The van der Waals surface area contributed by atoms with Crippen LogP contribution in [-0.2, 0) is 9.59 Å². The molecule has 0 aliphatic carbocycles. The number of hydrogen-bond acceptors (Lipinski definition) is 5. The van der Waals surface area contributed by atoms with Gasteiger partial charge in [-0.1, -0.05) is 30.3 Å². The molecular formula is C27H29N3O3S. The fourth-order valence-corrected chi connectivity index (χ4v) is 5.44. The van der Waals surface area contributed by atoms with E-state index in [1.54, 1.807) is 12.1 Å². The normalized spacial score (nSPS) is 18.3. The van der Waals surface area contributed by atoms with Crippen LogP contribution in [0.2, 0.25) is 0 Å². The van der Waals surface area contributed by atoms with Gasteiger partial charge in [0.2, 0.25) is 5.91 Å². The quantitative estimate of drug-likeness (QED) is 0.563. The van der Waals surface area contributed by atoms with Crippen LogP contribution in [0.5, 0.6) is 0 Å². The zero-order chi connectivity index (χ0) is 24.6. The molecule has 0 saturated carbocycles. The molecule has 0 atom stereocenters. The number of anilines is 2. The third-order valence-corrected chi connectivity index (χ3v) is 7.12. The number of nitrogens with one attached hydrogen (secondary N) is 1. The molecule has 2 aromatic carbocycles. The van der Waals surface area contributed by atoms with Crippen LogP contribution >= 0.6 is 11.8 Å². The molecule has 7 heteroatoms. The zero-order valence-electron chi connectivity index (χ0n) is 20.1.